The van der Waals surface area contributed by atoms with Gasteiger partial charge in [-0.3, -0.25) is 0 Å². The first kappa shape index (κ1) is 10.3. The molecule has 0 aromatic heterocycles. The van der Waals surface area contributed by atoms with Gasteiger partial charge in [0.1, 0.15) is 18.2 Å². The standard InChI is InChI=1S/C9H10ClFO2/c1-6(12)5-13-7-2-3-9(11)8(10)4-7/h2-4,6,12H,5H2,1H3. The molecule has 1 N–H and O–H groups in total. The topological polar surface area (TPSA) is 29.5 Å². The zero-order chi connectivity index (χ0) is 9.84. The minimum atomic E-state index is -0.552. The van der Waals surface area contributed by atoms with E-state index in [-0.39, 0.29) is 11.6 Å². The molecule has 0 saturated heterocycles. The lowest BCUT2D eigenvalue weighted by molar-refractivity contribution is 0.122. The first-order valence-electron chi connectivity index (χ1n) is 3.85. The van der Waals surface area contributed by atoms with Crippen molar-refractivity contribution in [2.45, 2.75) is 13.0 Å². The number of rotatable bonds is 3. The lowest BCUT2D eigenvalue weighted by Crippen LogP contribution is -2.12. The summed E-state index contributed by atoms with van der Waals surface area (Å²) in [5.74, 6) is -0.0293. The van der Waals surface area contributed by atoms with Crippen LogP contribution in [0, 0.1) is 5.82 Å². The van der Waals surface area contributed by atoms with Gasteiger partial charge in [-0.1, -0.05) is 11.6 Å². The van der Waals surface area contributed by atoms with Crippen LogP contribution in [0.2, 0.25) is 5.02 Å². The maximum absolute atomic E-state index is 12.7. The number of aliphatic hydroxyl groups excluding tert-OH is 1. The van der Waals surface area contributed by atoms with Gasteiger partial charge in [-0.05, 0) is 19.1 Å². The van der Waals surface area contributed by atoms with Crippen molar-refractivity contribution >= 4 is 11.6 Å². The van der Waals surface area contributed by atoms with Crippen LogP contribution in [0.5, 0.6) is 5.75 Å². The Morgan fingerprint density at radius 1 is 1.62 bits per heavy atom. The summed E-state index contributed by atoms with van der Waals surface area (Å²) in [6.07, 6.45) is -0.552. The minimum Gasteiger partial charge on any atom is -0.491 e. The van der Waals surface area contributed by atoms with Crippen molar-refractivity contribution in [3.8, 4) is 5.75 Å². The minimum absolute atomic E-state index is 0.0168. The van der Waals surface area contributed by atoms with Crippen molar-refractivity contribution in [2.24, 2.45) is 0 Å². The molecule has 1 atom stereocenters. The van der Waals surface area contributed by atoms with E-state index >= 15 is 0 Å². The molecular formula is C9H10ClFO2. The van der Waals surface area contributed by atoms with Crippen LogP contribution in [0.1, 0.15) is 6.92 Å². The molecule has 72 valence electrons. The third-order valence-electron chi connectivity index (χ3n) is 1.38. The predicted molar refractivity (Wildman–Crippen MR) is 48.6 cm³/mol. The molecule has 1 unspecified atom stereocenters. The molecule has 0 bridgehead atoms. The van der Waals surface area contributed by atoms with Crippen LogP contribution in [0.25, 0.3) is 0 Å². The average Bonchev–Trinajstić information content (AvgIpc) is 2.07. The van der Waals surface area contributed by atoms with E-state index in [1.54, 1.807) is 6.92 Å². The Labute approximate surface area is 80.9 Å². The molecular weight excluding hydrogens is 195 g/mol. The molecule has 0 aliphatic carbocycles. The van der Waals surface area contributed by atoms with Crippen molar-refractivity contribution < 1.29 is 14.2 Å². The van der Waals surface area contributed by atoms with Gasteiger partial charge in [0.25, 0.3) is 0 Å². The summed E-state index contributed by atoms with van der Waals surface area (Å²) in [6.45, 7) is 1.77. The number of hydrogen-bond donors (Lipinski definition) is 1. The van der Waals surface area contributed by atoms with Crippen LogP contribution in [-0.4, -0.2) is 17.8 Å². The first-order valence-corrected chi connectivity index (χ1v) is 4.23. The molecule has 0 aliphatic rings. The highest BCUT2D eigenvalue weighted by Gasteiger charge is 2.02. The van der Waals surface area contributed by atoms with Gasteiger partial charge in [0, 0.05) is 6.07 Å². The summed E-state index contributed by atoms with van der Waals surface area (Å²) in [4.78, 5) is 0. The van der Waals surface area contributed by atoms with E-state index in [9.17, 15) is 4.39 Å². The Kier molecular flexibility index (Phi) is 3.51. The van der Waals surface area contributed by atoms with Crippen molar-refractivity contribution in [1.82, 2.24) is 0 Å². The summed E-state index contributed by atoms with van der Waals surface area (Å²) in [6, 6.07) is 4.06. The summed E-state index contributed by atoms with van der Waals surface area (Å²) in [7, 11) is 0. The summed E-state index contributed by atoms with van der Waals surface area (Å²) in [5.41, 5.74) is 0. The lowest BCUT2D eigenvalue weighted by atomic mass is 10.3. The fourth-order valence-corrected chi connectivity index (χ4v) is 0.954. The van der Waals surface area contributed by atoms with Crippen molar-refractivity contribution in [3.05, 3.63) is 29.0 Å². The molecule has 0 heterocycles. The van der Waals surface area contributed by atoms with Gasteiger partial charge >= 0.3 is 0 Å². The third kappa shape index (κ3) is 3.20. The zero-order valence-electron chi connectivity index (χ0n) is 7.13. The summed E-state index contributed by atoms with van der Waals surface area (Å²) in [5, 5.41) is 8.92. The molecule has 0 aliphatic heterocycles. The normalized spacial score (nSPS) is 12.6. The molecule has 0 saturated carbocycles. The van der Waals surface area contributed by atoms with Crippen LogP contribution in [0.4, 0.5) is 4.39 Å². The number of aliphatic hydroxyl groups is 1. The Balaban J connectivity index is 2.63. The Morgan fingerprint density at radius 2 is 2.31 bits per heavy atom. The number of ether oxygens (including phenoxy) is 1. The summed E-state index contributed by atoms with van der Waals surface area (Å²) < 4.78 is 17.8. The third-order valence-corrected chi connectivity index (χ3v) is 1.67. The molecule has 4 heteroatoms. The van der Waals surface area contributed by atoms with E-state index in [0.29, 0.717) is 5.75 Å². The Bertz CT molecular complexity index is 289. The molecule has 13 heavy (non-hydrogen) atoms. The predicted octanol–water partition coefficient (Wildman–Crippen LogP) is 2.24. The quantitative estimate of drug-likeness (QED) is 0.818. The molecule has 1 aromatic carbocycles. The number of halogens is 2. The highest BCUT2D eigenvalue weighted by atomic mass is 35.5. The second-order valence-electron chi connectivity index (χ2n) is 2.74. The Morgan fingerprint density at radius 3 is 2.85 bits per heavy atom. The molecule has 1 rings (SSSR count). The van der Waals surface area contributed by atoms with Crippen LogP contribution in [0.3, 0.4) is 0 Å². The second kappa shape index (κ2) is 4.44. The molecule has 0 fully saturated rings. The van der Waals surface area contributed by atoms with E-state index in [1.807, 2.05) is 0 Å². The maximum Gasteiger partial charge on any atom is 0.142 e. The largest absolute Gasteiger partial charge is 0.491 e. The van der Waals surface area contributed by atoms with Gasteiger partial charge in [0.2, 0.25) is 0 Å². The van der Waals surface area contributed by atoms with Crippen LogP contribution in [-0.2, 0) is 0 Å². The van der Waals surface area contributed by atoms with E-state index < -0.39 is 11.9 Å². The molecule has 0 spiro atoms. The SMILES string of the molecule is CC(O)COc1ccc(F)c(Cl)c1. The zero-order valence-corrected chi connectivity index (χ0v) is 7.88. The van der Waals surface area contributed by atoms with E-state index in [1.165, 1.54) is 18.2 Å². The van der Waals surface area contributed by atoms with Gasteiger partial charge in [-0.2, -0.15) is 0 Å². The molecule has 0 amide bonds. The fourth-order valence-electron chi connectivity index (χ4n) is 0.783. The summed E-state index contributed by atoms with van der Waals surface area (Å²) >= 11 is 5.51. The number of benzene rings is 1. The maximum atomic E-state index is 12.7. The van der Waals surface area contributed by atoms with E-state index in [2.05, 4.69) is 0 Å². The molecule has 1 aromatic rings. The Hall–Kier alpha value is -0.800. The highest BCUT2D eigenvalue weighted by molar-refractivity contribution is 6.30. The van der Waals surface area contributed by atoms with Crippen molar-refractivity contribution in [2.75, 3.05) is 6.61 Å². The van der Waals surface area contributed by atoms with Gasteiger partial charge in [0.15, 0.2) is 0 Å². The van der Waals surface area contributed by atoms with E-state index in [4.69, 9.17) is 21.4 Å². The van der Waals surface area contributed by atoms with Crippen LogP contribution >= 0.6 is 11.6 Å². The van der Waals surface area contributed by atoms with Crippen molar-refractivity contribution in [1.29, 1.82) is 0 Å². The van der Waals surface area contributed by atoms with Gasteiger partial charge in [-0.15, -0.1) is 0 Å². The highest BCUT2D eigenvalue weighted by Crippen LogP contribution is 2.20. The van der Waals surface area contributed by atoms with Crippen molar-refractivity contribution in [3.63, 3.8) is 0 Å². The van der Waals surface area contributed by atoms with E-state index in [0.717, 1.165) is 0 Å². The first-order chi connectivity index (χ1) is 6.09. The van der Waals surface area contributed by atoms with Crippen LogP contribution in [0.15, 0.2) is 18.2 Å². The molecule has 0 radical (unpaired) electrons. The molecule has 2 nitrogen and oxygen atoms in total. The van der Waals surface area contributed by atoms with Gasteiger partial charge < -0.3 is 9.84 Å². The lowest BCUT2D eigenvalue weighted by Gasteiger charge is -2.07. The van der Waals surface area contributed by atoms with Crippen LogP contribution < -0.4 is 4.74 Å². The average molecular weight is 205 g/mol. The number of hydrogen-bond acceptors (Lipinski definition) is 2. The van der Waals surface area contributed by atoms with Gasteiger partial charge in [0.05, 0.1) is 11.1 Å². The fraction of sp³-hybridized carbons (Fsp3) is 0.333. The second-order valence-corrected chi connectivity index (χ2v) is 3.14. The monoisotopic (exact) mass is 204 g/mol. The smallest absolute Gasteiger partial charge is 0.142 e. The van der Waals surface area contributed by atoms with Gasteiger partial charge in [-0.25, -0.2) is 4.39 Å².